The maximum atomic E-state index is 2.35. The molecule has 0 spiro atoms. The molecule has 0 saturated heterocycles. The lowest BCUT2D eigenvalue weighted by molar-refractivity contribution is 0.653. The molecule has 3 rings (SSSR count). The third kappa shape index (κ3) is 6.06. The molecule has 0 radical (unpaired) electrons. The highest BCUT2D eigenvalue weighted by molar-refractivity contribution is 7.26. The number of hydrogen-bond acceptors (Lipinski definition) is 3. The lowest BCUT2D eigenvalue weighted by Crippen LogP contribution is -1.95. The van der Waals surface area contributed by atoms with E-state index in [2.05, 4.69) is 63.3 Å². The van der Waals surface area contributed by atoms with Crippen molar-refractivity contribution in [1.29, 1.82) is 0 Å². The van der Waals surface area contributed by atoms with Crippen LogP contribution in [0.1, 0.15) is 86.1 Å². The van der Waals surface area contributed by atoms with E-state index in [9.17, 15) is 0 Å². The summed E-state index contributed by atoms with van der Waals surface area (Å²) in [4.78, 5) is 8.92. The first-order chi connectivity index (χ1) is 14.1. The fraction of sp³-hybridized carbons (Fsp3) is 0.538. The Hall–Kier alpha value is -0.900. The zero-order valence-electron chi connectivity index (χ0n) is 18.6. The molecule has 0 nitrogen and oxygen atoms in total. The third-order valence-electron chi connectivity index (χ3n) is 5.61. The van der Waals surface area contributed by atoms with Crippen LogP contribution in [0.3, 0.4) is 0 Å². The van der Waals surface area contributed by atoms with Crippen LogP contribution in [-0.4, -0.2) is 0 Å². The molecule has 0 aromatic carbocycles. The van der Waals surface area contributed by atoms with E-state index >= 15 is 0 Å². The average molecular weight is 445 g/mol. The molecule has 0 atom stereocenters. The maximum absolute atomic E-state index is 2.35. The molecule has 0 aliphatic carbocycles. The van der Waals surface area contributed by atoms with Crippen LogP contribution >= 0.6 is 34.0 Å². The minimum atomic E-state index is 1.25. The van der Waals surface area contributed by atoms with Crippen LogP contribution in [0.25, 0.3) is 19.5 Å². The van der Waals surface area contributed by atoms with Crippen molar-refractivity contribution in [2.45, 2.75) is 91.9 Å². The molecule has 3 aromatic heterocycles. The van der Waals surface area contributed by atoms with Crippen molar-refractivity contribution < 1.29 is 0 Å². The SMILES string of the molecule is CCCCCCc1c(-c2ccc(C)s2)sc(-c2ccc(C)s2)c1CCCCCC. The zero-order valence-corrected chi connectivity index (χ0v) is 21.1. The monoisotopic (exact) mass is 444 g/mol. The second-order valence-electron chi connectivity index (χ2n) is 8.16. The van der Waals surface area contributed by atoms with Gasteiger partial charge < -0.3 is 0 Å². The van der Waals surface area contributed by atoms with Crippen molar-refractivity contribution in [3.05, 3.63) is 45.1 Å². The molecule has 3 heterocycles. The summed E-state index contributed by atoms with van der Waals surface area (Å²) < 4.78 is 0. The lowest BCUT2D eigenvalue weighted by atomic mass is 9.96. The van der Waals surface area contributed by atoms with E-state index in [-0.39, 0.29) is 0 Å². The minimum absolute atomic E-state index is 1.25. The summed E-state index contributed by atoms with van der Waals surface area (Å²) in [6.07, 6.45) is 13.2. The molecule has 0 saturated carbocycles. The number of aryl methyl sites for hydroxylation is 2. The summed E-state index contributed by atoms with van der Waals surface area (Å²) in [5, 5.41) is 0. The molecule has 0 bridgehead atoms. The number of thiophene rings is 3. The predicted octanol–water partition coefficient (Wildman–Crippen LogP) is 10.1. The summed E-state index contributed by atoms with van der Waals surface area (Å²) in [6, 6.07) is 9.28. The number of rotatable bonds is 12. The first-order valence-corrected chi connectivity index (χ1v) is 13.9. The van der Waals surface area contributed by atoms with Gasteiger partial charge in [0.2, 0.25) is 0 Å². The van der Waals surface area contributed by atoms with Gasteiger partial charge in [-0.3, -0.25) is 0 Å². The highest BCUT2D eigenvalue weighted by Gasteiger charge is 2.21. The van der Waals surface area contributed by atoms with Gasteiger partial charge in [-0.15, -0.1) is 34.0 Å². The van der Waals surface area contributed by atoms with Crippen molar-refractivity contribution in [2.24, 2.45) is 0 Å². The summed E-state index contributed by atoms with van der Waals surface area (Å²) >= 11 is 6.00. The third-order valence-corrected chi connectivity index (χ3v) is 9.24. The Labute approximate surface area is 190 Å². The van der Waals surface area contributed by atoms with Crippen LogP contribution in [0, 0.1) is 13.8 Å². The first kappa shape index (κ1) is 22.8. The normalized spacial score (nSPS) is 11.4. The average Bonchev–Trinajstić information content (AvgIpc) is 3.41. The van der Waals surface area contributed by atoms with Gasteiger partial charge >= 0.3 is 0 Å². The van der Waals surface area contributed by atoms with E-state index < -0.39 is 0 Å². The van der Waals surface area contributed by atoms with E-state index in [4.69, 9.17) is 0 Å². The van der Waals surface area contributed by atoms with Gasteiger partial charge in [-0.05, 0) is 74.9 Å². The first-order valence-electron chi connectivity index (χ1n) is 11.4. The Bertz CT molecular complexity index is 807. The van der Waals surface area contributed by atoms with Crippen molar-refractivity contribution in [3.63, 3.8) is 0 Å². The van der Waals surface area contributed by atoms with Crippen molar-refractivity contribution in [1.82, 2.24) is 0 Å². The largest absolute Gasteiger partial charge is 0.140 e. The number of hydrogen-bond donors (Lipinski definition) is 0. The molecule has 158 valence electrons. The van der Waals surface area contributed by atoms with Gasteiger partial charge in [0.25, 0.3) is 0 Å². The number of unbranched alkanes of at least 4 members (excludes halogenated alkanes) is 6. The molecule has 0 N–H and O–H groups in total. The van der Waals surface area contributed by atoms with Gasteiger partial charge in [0, 0.05) is 29.3 Å². The molecule has 0 aliphatic heterocycles. The van der Waals surface area contributed by atoms with Gasteiger partial charge in [0.1, 0.15) is 0 Å². The summed E-state index contributed by atoms with van der Waals surface area (Å²) in [6.45, 7) is 9.08. The molecular weight excluding hydrogens is 408 g/mol. The van der Waals surface area contributed by atoms with Crippen LogP contribution in [0.15, 0.2) is 24.3 Å². The van der Waals surface area contributed by atoms with Gasteiger partial charge in [-0.2, -0.15) is 0 Å². The van der Waals surface area contributed by atoms with Gasteiger partial charge in [0.15, 0.2) is 0 Å². The molecule has 0 unspecified atom stereocenters. The van der Waals surface area contributed by atoms with Crippen molar-refractivity contribution in [2.75, 3.05) is 0 Å². The highest BCUT2D eigenvalue weighted by Crippen LogP contribution is 2.47. The van der Waals surface area contributed by atoms with Gasteiger partial charge in [-0.25, -0.2) is 0 Å². The smallest absolute Gasteiger partial charge is 0.0484 e. The maximum Gasteiger partial charge on any atom is 0.0484 e. The van der Waals surface area contributed by atoms with Gasteiger partial charge in [0.05, 0.1) is 0 Å². The Morgan fingerprint density at radius 2 is 1.00 bits per heavy atom. The Kier molecular flexibility index (Phi) is 9.02. The van der Waals surface area contributed by atoms with Gasteiger partial charge in [-0.1, -0.05) is 52.4 Å². The van der Waals surface area contributed by atoms with E-state index in [1.807, 2.05) is 22.7 Å². The predicted molar refractivity (Wildman–Crippen MR) is 136 cm³/mol. The van der Waals surface area contributed by atoms with Crippen LogP contribution in [0.5, 0.6) is 0 Å². The van der Waals surface area contributed by atoms with Crippen LogP contribution in [0.2, 0.25) is 0 Å². The zero-order chi connectivity index (χ0) is 20.6. The second-order valence-corrected chi connectivity index (χ2v) is 11.8. The fourth-order valence-electron chi connectivity index (χ4n) is 4.00. The van der Waals surface area contributed by atoms with Crippen LogP contribution < -0.4 is 0 Å². The second kappa shape index (κ2) is 11.5. The van der Waals surface area contributed by atoms with E-state index in [0.29, 0.717) is 0 Å². The molecule has 3 aromatic rings. The quantitative estimate of drug-likeness (QED) is 0.244. The molecule has 3 heteroatoms. The molecule has 0 amide bonds. The summed E-state index contributed by atoms with van der Waals surface area (Å²) in [5.41, 5.74) is 3.34. The molecular formula is C26H36S3. The Morgan fingerprint density at radius 1 is 0.552 bits per heavy atom. The standard InChI is InChI=1S/C26H36S3/c1-5-7-9-11-13-21-22(14-12-10-8-6-2)26(24-18-16-20(4)28-24)29-25(21)23-17-15-19(3)27-23/h15-18H,5-14H2,1-4H3. The Balaban J connectivity index is 1.99. The van der Waals surface area contributed by atoms with E-state index in [1.54, 1.807) is 20.9 Å². The molecule has 29 heavy (non-hydrogen) atoms. The lowest BCUT2D eigenvalue weighted by Gasteiger charge is -2.09. The van der Waals surface area contributed by atoms with E-state index in [0.717, 1.165) is 0 Å². The van der Waals surface area contributed by atoms with Crippen molar-refractivity contribution >= 4 is 34.0 Å². The summed E-state index contributed by atoms with van der Waals surface area (Å²) in [5.74, 6) is 0. The van der Waals surface area contributed by atoms with E-state index in [1.165, 1.54) is 83.7 Å². The molecule has 0 fully saturated rings. The minimum Gasteiger partial charge on any atom is -0.140 e. The Morgan fingerprint density at radius 3 is 1.34 bits per heavy atom. The van der Waals surface area contributed by atoms with Crippen LogP contribution in [0.4, 0.5) is 0 Å². The molecule has 0 aliphatic rings. The summed E-state index contributed by atoms with van der Waals surface area (Å²) in [7, 11) is 0. The highest BCUT2D eigenvalue weighted by atomic mass is 32.1. The fourth-order valence-corrected chi connectivity index (χ4v) is 7.40. The topological polar surface area (TPSA) is 0 Å². The van der Waals surface area contributed by atoms with Crippen LogP contribution in [-0.2, 0) is 12.8 Å². The van der Waals surface area contributed by atoms with Crippen molar-refractivity contribution in [3.8, 4) is 19.5 Å².